The number of hydrogen-bond donors (Lipinski definition) is 1. The summed E-state index contributed by atoms with van der Waals surface area (Å²) in [5, 5.41) is 4.03. The summed E-state index contributed by atoms with van der Waals surface area (Å²) in [7, 11) is -4.12. The molecular formula is C25H24F3NO4S. The van der Waals surface area contributed by atoms with Crippen LogP contribution >= 0.6 is 0 Å². The third-order valence-corrected chi connectivity index (χ3v) is 8.16. The highest BCUT2D eigenvalue weighted by atomic mass is 32.2. The van der Waals surface area contributed by atoms with Gasteiger partial charge in [-0.2, -0.15) is 13.2 Å². The predicted octanol–water partition coefficient (Wildman–Crippen LogP) is 4.75. The van der Waals surface area contributed by atoms with Crippen LogP contribution in [0.25, 0.3) is 10.8 Å². The Kier molecular flexibility index (Phi) is 6.20. The molecule has 1 fully saturated rings. The van der Waals surface area contributed by atoms with Gasteiger partial charge < -0.3 is 4.74 Å². The van der Waals surface area contributed by atoms with Crippen molar-refractivity contribution in [1.82, 2.24) is 5.32 Å². The molecule has 3 aromatic carbocycles. The first kappa shape index (κ1) is 24.2. The van der Waals surface area contributed by atoms with Crippen LogP contribution in [0.2, 0.25) is 0 Å². The van der Waals surface area contributed by atoms with Crippen molar-refractivity contribution < 1.29 is 31.1 Å². The van der Waals surface area contributed by atoms with Crippen LogP contribution in [0.5, 0.6) is 0 Å². The fourth-order valence-electron chi connectivity index (χ4n) is 4.51. The summed E-state index contributed by atoms with van der Waals surface area (Å²) in [6.07, 6.45) is -5.09. The largest absolute Gasteiger partial charge is 0.464 e. The molecule has 4 rings (SSSR count). The Bertz CT molecular complexity index is 1320. The lowest BCUT2D eigenvalue weighted by molar-refractivity contribution is -0.209. The molecule has 0 spiro atoms. The molecule has 0 radical (unpaired) electrons. The smallest absolute Gasteiger partial charge is 0.417 e. The number of fused-ring (bicyclic) bond motifs is 1. The summed E-state index contributed by atoms with van der Waals surface area (Å²) in [5.41, 5.74) is -1.80. The third kappa shape index (κ3) is 4.18. The van der Waals surface area contributed by atoms with Gasteiger partial charge in [-0.1, -0.05) is 60.2 Å². The fourth-order valence-corrected chi connectivity index (χ4v) is 6.13. The molecule has 34 heavy (non-hydrogen) atoms. The minimum absolute atomic E-state index is 0.101. The van der Waals surface area contributed by atoms with Crippen LogP contribution in [0, 0.1) is 12.8 Å². The molecule has 0 amide bonds. The van der Waals surface area contributed by atoms with E-state index in [1.807, 2.05) is 18.2 Å². The summed E-state index contributed by atoms with van der Waals surface area (Å²) in [6, 6.07) is 17.4. The monoisotopic (exact) mass is 491 g/mol. The number of halogens is 3. The van der Waals surface area contributed by atoms with Gasteiger partial charge in [0, 0.05) is 12.0 Å². The van der Waals surface area contributed by atoms with Gasteiger partial charge in [-0.15, -0.1) is 0 Å². The maximum absolute atomic E-state index is 14.6. The van der Waals surface area contributed by atoms with Gasteiger partial charge in [-0.05, 0) is 42.3 Å². The first-order valence-corrected chi connectivity index (χ1v) is 12.4. The topological polar surface area (TPSA) is 72.5 Å². The zero-order valence-electron chi connectivity index (χ0n) is 18.6. The van der Waals surface area contributed by atoms with Gasteiger partial charge in [0.15, 0.2) is 9.84 Å². The van der Waals surface area contributed by atoms with Gasteiger partial charge in [-0.25, -0.2) is 13.2 Å². The summed E-state index contributed by atoms with van der Waals surface area (Å²) in [4.78, 5) is 12.5. The van der Waals surface area contributed by atoms with Gasteiger partial charge >= 0.3 is 12.1 Å². The van der Waals surface area contributed by atoms with E-state index >= 15 is 0 Å². The van der Waals surface area contributed by atoms with Crippen molar-refractivity contribution in [1.29, 1.82) is 0 Å². The first-order chi connectivity index (χ1) is 16.0. The molecule has 0 aromatic heterocycles. The average Bonchev–Trinajstić information content (AvgIpc) is 3.09. The van der Waals surface area contributed by atoms with Gasteiger partial charge in [-0.3, -0.25) is 5.32 Å². The predicted molar refractivity (Wildman–Crippen MR) is 122 cm³/mol. The molecule has 1 aliphatic rings. The van der Waals surface area contributed by atoms with E-state index in [9.17, 15) is 26.4 Å². The van der Waals surface area contributed by atoms with Crippen LogP contribution in [0.1, 0.15) is 24.1 Å². The van der Waals surface area contributed by atoms with E-state index in [4.69, 9.17) is 4.74 Å². The summed E-state index contributed by atoms with van der Waals surface area (Å²) in [6.45, 7) is 2.64. The van der Waals surface area contributed by atoms with Gasteiger partial charge in [0.1, 0.15) is 0 Å². The Morgan fingerprint density at radius 3 is 2.38 bits per heavy atom. The lowest BCUT2D eigenvalue weighted by Crippen LogP contribution is -2.65. The van der Waals surface area contributed by atoms with Gasteiger partial charge in [0.05, 0.1) is 17.3 Å². The van der Waals surface area contributed by atoms with Crippen molar-refractivity contribution in [2.45, 2.75) is 36.5 Å². The summed E-state index contributed by atoms with van der Waals surface area (Å²) in [5.74, 6) is -4.07. The number of carbonyl (C=O) groups excluding carboxylic acids is 1. The van der Waals surface area contributed by atoms with Crippen molar-refractivity contribution in [3.05, 3.63) is 77.9 Å². The maximum atomic E-state index is 14.6. The van der Waals surface area contributed by atoms with Crippen LogP contribution in [0.3, 0.4) is 0 Å². The Labute approximate surface area is 195 Å². The molecule has 9 heteroatoms. The molecule has 3 atom stereocenters. The third-order valence-electron chi connectivity index (χ3n) is 6.33. The summed E-state index contributed by atoms with van der Waals surface area (Å²) < 4.78 is 74.6. The Hall–Kier alpha value is -2.91. The Balaban J connectivity index is 1.73. The maximum Gasteiger partial charge on any atom is 0.417 e. The molecule has 1 unspecified atom stereocenters. The summed E-state index contributed by atoms with van der Waals surface area (Å²) >= 11 is 0. The molecule has 1 saturated heterocycles. The highest BCUT2D eigenvalue weighted by Gasteiger charge is 2.70. The lowest BCUT2D eigenvalue weighted by atomic mass is 9.85. The molecule has 0 bridgehead atoms. The number of ether oxygens (including phenoxy) is 1. The number of nitrogens with one attached hydrogen (secondary N) is 1. The molecule has 1 N–H and O–H groups in total. The number of carbonyl (C=O) groups is 1. The average molecular weight is 492 g/mol. The molecule has 1 heterocycles. The Morgan fingerprint density at radius 2 is 1.71 bits per heavy atom. The van der Waals surface area contributed by atoms with Crippen molar-refractivity contribution in [2.75, 3.05) is 12.4 Å². The van der Waals surface area contributed by atoms with E-state index in [1.54, 1.807) is 43.3 Å². The van der Waals surface area contributed by atoms with Crippen molar-refractivity contribution in [2.24, 2.45) is 5.92 Å². The van der Waals surface area contributed by atoms with Crippen LogP contribution in [0.15, 0.2) is 71.6 Å². The lowest BCUT2D eigenvalue weighted by Gasteiger charge is -2.36. The second-order valence-electron chi connectivity index (χ2n) is 8.63. The van der Waals surface area contributed by atoms with Crippen molar-refractivity contribution in [3.63, 3.8) is 0 Å². The number of cyclic esters (lactones) is 1. The number of esters is 1. The number of sulfone groups is 1. The quantitative estimate of drug-likeness (QED) is 0.504. The number of alkyl halides is 3. The minimum atomic E-state index is -5.09. The van der Waals surface area contributed by atoms with Gasteiger partial charge in [0.25, 0.3) is 0 Å². The van der Waals surface area contributed by atoms with Crippen LogP contribution in [-0.4, -0.2) is 38.5 Å². The van der Waals surface area contributed by atoms with Crippen LogP contribution in [-0.2, 0) is 19.4 Å². The minimum Gasteiger partial charge on any atom is -0.464 e. The van der Waals surface area contributed by atoms with E-state index in [0.717, 1.165) is 16.3 Å². The zero-order chi connectivity index (χ0) is 24.7. The standard InChI is InChI=1S/C25H24F3NO4S/c1-16-10-12-20(13-11-16)34(31,32)15-19-14-33-23(30)24(19,25(26,27)28)29-17(2)21-9-5-7-18-6-3-4-8-22(18)21/h3-13,17,19,29H,14-15H2,1-2H3/t17?,19-,24+/m1/s1. The van der Waals surface area contributed by atoms with Crippen molar-refractivity contribution >= 4 is 26.6 Å². The number of aryl methyl sites for hydroxylation is 1. The van der Waals surface area contributed by atoms with Crippen LogP contribution in [0.4, 0.5) is 13.2 Å². The van der Waals surface area contributed by atoms with E-state index in [2.05, 4.69) is 5.32 Å². The SMILES string of the molecule is Cc1ccc(S(=O)(=O)C[C@H]2COC(=O)[C@]2(NC(C)c2cccc3ccccc23)C(F)(F)F)cc1. The number of rotatable bonds is 6. The Morgan fingerprint density at radius 1 is 1.06 bits per heavy atom. The molecule has 0 saturated carbocycles. The molecule has 0 aliphatic carbocycles. The molecule has 1 aliphatic heterocycles. The van der Waals surface area contributed by atoms with E-state index < -0.39 is 51.8 Å². The molecular weight excluding hydrogens is 467 g/mol. The second-order valence-corrected chi connectivity index (χ2v) is 10.7. The van der Waals surface area contributed by atoms with Crippen LogP contribution < -0.4 is 5.32 Å². The molecule has 3 aromatic rings. The van der Waals surface area contributed by atoms with Gasteiger partial charge in [0.2, 0.25) is 5.54 Å². The number of benzene rings is 3. The highest BCUT2D eigenvalue weighted by Crippen LogP contribution is 2.44. The first-order valence-electron chi connectivity index (χ1n) is 10.7. The normalized spacial score (nSPS) is 22.0. The second kappa shape index (κ2) is 8.70. The van der Waals surface area contributed by atoms with Crippen molar-refractivity contribution in [3.8, 4) is 0 Å². The van der Waals surface area contributed by atoms with E-state index in [1.165, 1.54) is 19.1 Å². The highest BCUT2D eigenvalue weighted by molar-refractivity contribution is 7.91. The van der Waals surface area contributed by atoms with E-state index in [-0.39, 0.29) is 4.90 Å². The molecule has 5 nitrogen and oxygen atoms in total. The zero-order valence-corrected chi connectivity index (χ0v) is 19.4. The number of hydrogen-bond acceptors (Lipinski definition) is 5. The fraction of sp³-hybridized carbons (Fsp3) is 0.320. The van der Waals surface area contributed by atoms with E-state index in [0.29, 0.717) is 5.56 Å². The molecule has 180 valence electrons.